The average molecular weight is 339 g/mol. The van der Waals surface area contributed by atoms with Gasteiger partial charge in [-0.3, -0.25) is 9.78 Å². The van der Waals surface area contributed by atoms with E-state index in [4.69, 9.17) is 0 Å². The second-order valence-electron chi connectivity index (χ2n) is 6.85. The molecule has 1 aromatic heterocycles. The average Bonchev–Trinajstić information content (AvgIpc) is 2.67. The molecule has 3 rings (SSSR count). The third-order valence-electron chi connectivity index (χ3n) is 4.77. The molecule has 0 radical (unpaired) electrons. The third-order valence-corrected chi connectivity index (χ3v) is 4.77. The van der Waals surface area contributed by atoms with Crippen LogP contribution in [-0.4, -0.2) is 54.7 Å². The first-order valence-electron chi connectivity index (χ1n) is 8.71. The van der Waals surface area contributed by atoms with E-state index in [-0.39, 0.29) is 18.4 Å². The Morgan fingerprint density at radius 1 is 1.24 bits per heavy atom. The molecule has 2 aromatic rings. The van der Waals surface area contributed by atoms with Gasteiger partial charge in [0.05, 0.1) is 5.56 Å². The number of benzene rings is 1. The molecule has 1 unspecified atom stereocenters. The number of aromatic nitrogens is 1. The lowest BCUT2D eigenvalue weighted by Gasteiger charge is -2.31. The van der Waals surface area contributed by atoms with Crippen LogP contribution in [0.4, 0.5) is 5.69 Å². The Kier molecular flexibility index (Phi) is 5.34. The minimum atomic E-state index is -0.00240. The van der Waals surface area contributed by atoms with E-state index in [0.29, 0.717) is 12.1 Å². The summed E-state index contributed by atoms with van der Waals surface area (Å²) in [6, 6.07) is 10.1. The van der Waals surface area contributed by atoms with Gasteiger partial charge in [-0.2, -0.15) is 0 Å². The quantitative estimate of drug-likeness (QED) is 0.930. The Balaban J connectivity index is 1.80. The number of rotatable bonds is 4. The Hall–Kier alpha value is -2.40. The van der Waals surface area contributed by atoms with Crippen molar-refractivity contribution in [3.05, 3.63) is 48.3 Å². The molecule has 1 aliphatic rings. The molecule has 1 fully saturated rings. The Morgan fingerprint density at radius 2 is 2.00 bits per heavy atom. The number of aliphatic hydroxyl groups is 1. The van der Waals surface area contributed by atoms with Crippen LogP contribution in [0.25, 0.3) is 11.1 Å². The molecule has 1 aliphatic heterocycles. The number of nitrogens with zero attached hydrogens (tertiary/aromatic N) is 3. The molecule has 1 amide bonds. The van der Waals surface area contributed by atoms with Crippen LogP contribution in [0, 0.1) is 5.92 Å². The van der Waals surface area contributed by atoms with Crippen molar-refractivity contribution < 1.29 is 9.90 Å². The fourth-order valence-electron chi connectivity index (χ4n) is 3.25. The van der Waals surface area contributed by atoms with Gasteiger partial charge in [0.15, 0.2) is 0 Å². The molecule has 2 heterocycles. The van der Waals surface area contributed by atoms with Gasteiger partial charge in [0.25, 0.3) is 5.91 Å². The van der Waals surface area contributed by atoms with Gasteiger partial charge in [0, 0.05) is 57.4 Å². The van der Waals surface area contributed by atoms with Crippen LogP contribution in [0.15, 0.2) is 42.7 Å². The molecule has 5 heteroatoms. The van der Waals surface area contributed by atoms with Crippen molar-refractivity contribution >= 4 is 11.6 Å². The molecule has 1 saturated heterocycles. The maximum atomic E-state index is 12.8. The van der Waals surface area contributed by atoms with Crippen LogP contribution in [0.1, 0.15) is 23.2 Å². The van der Waals surface area contributed by atoms with Crippen LogP contribution in [0.5, 0.6) is 0 Å². The number of anilines is 1. The number of hydrogen-bond acceptors (Lipinski definition) is 4. The molecule has 0 saturated carbocycles. The first-order valence-corrected chi connectivity index (χ1v) is 8.71. The molecule has 5 nitrogen and oxygen atoms in total. The first kappa shape index (κ1) is 17.4. The summed E-state index contributed by atoms with van der Waals surface area (Å²) in [5, 5.41) is 9.36. The molecule has 25 heavy (non-hydrogen) atoms. The lowest BCUT2D eigenvalue weighted by atomic mass is 9.98. The first-order chi connectivity index (χ1) is 12.1. The van der Waals surface area contributed by atoms with Gasteiger partial charge in [-0.05, 0) is 42.5 Å². The Bertz CT molecular complexity index is 728. The second kappa shape index (κ2) is 7.66. The topological polar surface area (TPSA) is 56.7 Å². The second-order valence-corrected chi connectivity index (χ2v) is 6.85. The highest BCUT2D eigenvalue weighted by atomic mass is 16.3. The van der Waals surface area contributed by atoms with Crippen molar-refractivity contribution in [2.75, 3.05) is 38.7 Å². The van der Waals surface area contributed by atoms with Crippen molar-refractivity contribution in [2.45, 2.75) is 12.8 Å². The predicted octanol–water partition coefficient (Wildman–Crippen LogP) is 2.66. The molecule has 1 atom stereocenters. The number of pyridine rings is 1. The van der Waals surface area contributed by atoms with E-state index in [1.165, 1.54) is 0 Å². The van der Waals surface area contributed by atoms with E-state index in [1.807, 2.05) is 37.2 Å². The predicted molar refractivity (Wildman–Crippen MR) is 99.7 cm³/mol. The zero-order valence-corrected chi connectivity index (χ0v) is 14.9. The van der Waals surface area contributed by atoms with Crippen molar-refractivity contribution in [3.8, 4) is 11.1 Å². The van der Waals surface area contributed by atoms with Gasteiger partial charge in [0.2, 0.25) is 0 Å². The Morgan fingerprint density at radius 3 is 2.68 bits per heavy atom. The van der Waals surface area contributed by atoms with Gasteiger partial charge in [0.1, 0.15) is 0 Å². The summed E-state index contributed by atoms with van der Waals surface area (Å²) in [6.07, 6.45) is 5.34. The van der Waals surface area contributed by atoms with E-state index in [9.17, 15) is 9.90 Å². The number of amides is 1. The van der Waals surface area contributed by atoms with E-state index in [2.05, 4.69) is 22.0 Å². The zero-order chi connectivity index (χ0) is 17.8. The van der Waals surface area contributed by atoms with Gasteiger partial charge in [-0.15, -0.1) is 0 Å². The van der Waals surface area contributed by atoms with Crippen LogP contribution in [0.3, 0.4) is 0 Å². The lowest BCUT2D eigenvalue weighted by Crippen LogP contribution is -2.41. The fraction of sp³-hybridized carbons (Fsp3) is 0.400. The smallest absolute Gasteiger partial charge is 0.255 e. The molecular formula is C20H25N3O2. The summed E-state index contributed by atoms with van der Waals surface area (Å²) < 4.78 is 0. The van der Waals surface area contributed by atoms with Crippen molar-refractivity contribution in [1.82, 2.24) is 9.88 Å². The third kappa shape index (κ3) is 3.99. The molecule has 0 spiro atoms. The van der Waals surface area contributed by atoms with E-state index in [1.54, 1.807) is 12.4 Å². The highest BCUT2D eigenvalue weighted by Gasteiger charge is 2.24. The SMILES string of the molecule is CN(C)c1ccc(-c2cncc(C(=O)N3CCCC(CO)C3)c2)cc1. The number of carbonyl (C=O) groups is 1. The number of piperidine rings is 1. The monoisotopic (exact) mass is 339 g/mol. The van der Waals surface area contributed by atoms with Gasteiger partial charge >= 0.3 is 0 Å². The van der Waals surface area contributed by atoms with E-state index in [0.717, 1.165) is 36.2 Å². The van der Waals surface area contributed by atoms with E-state index < -0.39 is 0 Å². The molecule has 132 valence electrons. The molecular weight excluding hydrogens is 314 g/mol. The van der Waals surface area contributed by atoms with Crippen LogP contribution < -0.4 is 4.90 Å². The van der Waals surface area contributed by atoms with Gasteiger partial charge < -0.3 is 14.9 Å². The summed E-state index contributed by atoms with van der Waals surface area (Å²) in [5.74, 6) is 0.185. The van der Waals surface area contributed by atoms with Crippen LogP contribution >= 0.6 is 0 Å². The maximum Gasteiger partial charge on any atom is 0.255 e. The van der Waals surface area contributed by atoms with Crippen molar-refractivity contribution in [1.29, 1.82) is 0 Å². The molecule has 1 N–H and O–H groups in total. The highest BCUT2D eigenvalue weighted by molar-refractivity contribution is 5.95. The van der Waals surface area contributed by atoms with Crippen LogP contribution in [0.2, 0.25) is 0 Å². The summed E-state index contributed by atoms with van der Waals surface area (Å²) in [6.45, 7) is 1.51. The maximum absolute atomic E-state index is 12.8. The lowest BCUT2D eigenvalue weighted by molar-refractivity contribution is 0.0620. The number of hydrogen-bond donors (Lipinski definition) is 1. The fourth-order valence-corrected chi connectivity index (χ4v) is 3.25. The largest absolute Gasteiger partial charge is 0.396 e. The number of aliphatic hydroxyl groups excluding tert-OH is 1. The summed E-state index contributed by atoms with van der Waals surface area (Å²) in [4.78, 5) is 20.9. The number of carbonyl (C=O) groups excluding carboxylic acids is 1. The van der Waals surface area contributed by atoms with Crippen molar-refractivity contribution in [2.24, 2.45) is 5.92 Å². The Labute approximate surface area is 148 Å². The zero-order valence-electron chi connectivity index (χ0n) is 14.9. The normalized spacial score (nSPS) is 17.4. The summed E-state index contributed by atoms with van der Waals surface area (Å²) in [5.41, 5.74) is 3.71. The summed E-state index contributed by atoms with van der Waals surface area (Å²) >= 11 is 0. The van der Waals surface area contributed by atoms with Crippen molar-refractivity contribution in [3.63, 3.8) is 0 Å². The van der Waals surface area contributed by atoms with E-state index >= 15 is 0 Å². The minimum absolute atomic E-state index is 0.00240. The molecule has 0 aliphatic carbocycles. The minimum Gasteiger partial charge on any atom is -0.396 e. The number of likely N-dealkylation sites (tertiary alicyclic amines) is 1. The van der Waals surface area contributed by atoms with Crippen LogP contribution in [-0.2, 0) is 0 Å². The molecule has 1 aromatic carbocycles. The molecule has 0 bridgehead atoms. The van der Waals surface area contributed by atoms with Gasteiger partial charge in [-0.1, -0.05) is 12.1 Å². The van der Waals surface area contributed by atoms with Gasteiger partial charge in [-0.25, -0.2) is 0 Å². The summed E-state index contributed by atoms with van der Waals surface area (Å²) in [7, 11) is 4.02. The highest BCUT2D eigenvalue weighted by Crippen LogP contribution is 2.24. The standard InChI is InChI=1S/C20H25N3O2/c1-22(2)19-7-5-16(6-8-19)17-10-18(12-21-11-17)20(25)23-9-3-4-15(13-23)14-24/h5-8,10-12,15,24H,3-4,9,13-14H2,1-2H3.